The third-order valence-electron chi connectivity index (χ3n) is 5.03. The average Bonchev–Trinajstić information content (AvgIpc) is 3.05. The van der Waals surface area contributed by atoms with Crippen LogP contribution < -0.4 is 0 Å². The minimum Gasteiger partial charge on any atom is -0.338 e. The van der Waals surface area contributed by atoms with Crippen LogP contribution in [0.3, 0.4) is 0 Å². The predicted octanol–water partition coefficient (Wildman–Crippen LogP) is 1.92. The maximum absolute atomic E-state index is 12.8. The number of amides is 1. The normalized spacial score (nSPS) is 25.5. The molecule has 1 amide bonds. The lowest BCUT2D eigenvalue weighted by molar-refractivity contribution is 0.0773. The Labute approximate surface area is 133 Å². The van der Waals surface area contributed by atoms with Crippen molar-refractivity contribution in [3.05, 3.63) is 35.4 Å². The molecule has 0 aromatic heterocycles. The Bertz CT molecular complexity index is 557. The molecule has 1 aromatic carbocycles. The zero-order chi connectivity index (χ0) is 15.7. The Morgan fingerprint density at radius 3 is 2.68 bits per heavy atom. The smallest absolute Gasteiger partial charge is 0.253 e. The highest BCUT2D eigenvalue weighted by Gasteiger charge is 2.43. The van der Waals surface area contributed by atoms with Gasteiger partial charge in [0.1, 0.15) is 0 Å². The fourth-order valence-electron chi connectivity index (χ4n) is 3.95. The van der Waals surface area contributed by atoms with Gasteiger partial charge in [0.15, 0.2) is 0 Å². The Balaban J connectivity index is 1.70. The Kier molecular flexibility index (Phi) is 4.24. The van der Waals surface area contributed by atoms with Gasteiger partial charge in [0.05, 0.1) is 0 Å². The topological polar surface area (TPSA) is 26.8 Å². The molecule has 120 valence electrons. The SMILES string of the molecule is CN(C)Cc1cccc(C(=O)N2CCC3(CCN(C)C3)C2)c1. The molecule has 1 unspecified atom stereocenters. The fourth-order valence-corrected chi connectivity index (χ4v) is 3.95. The van der Waals surface area contributed by atoms with E-state index in [-0.39, 0.29) is 5.91 Å². The number of nitrogens with zero attached hydrogens (tertiary/aromatic N) is 3. The highest BCUT2D eigenvalue weighted by molar-refractivity contribution is 5.94. The van der Waals surface area contributed by atoms with E-state index < -0.39 is 0 Å². The summed E-state index contributed by atoms with van der Waals surface area (Å²) in [6.45, 7) is 5.01. The number of hydrogen-bond acceptors (Lipinski definition) is 3. The zero-order valence-electron chi connectivity index (χ0n) is 14.0. The third kappa shape index (κ3) is 3.18. The molecule has 2 heterocycles. The summed E-state index contributed by atoms with van der Waals surface area (Å²) in [5.41, 5.74) is 2.39. The third-order valence-corrected chi connectivity index (χ3v) is 5.03. The predicted molar refractivity (Wildman–Crippen MR) is 88.9 cm³/mol. The summed E-state index contributed by atoms with van der Waals surface area (Å²) >= 11 is 0. The van der Waals surface area contributed by atoms with Gasteiger partial charge < -0.3 is 14.7 Å². The fraction of sp³-hybridized carbons (Fsp3) is 0.611. The van der Waals surface area contributed by atoms with Crippen LogP contribution in [0.1, 0.15) is 28.8 Å². The van der Waals surface area contributed by atoms with Gasteiger partial charge in [-0.15, -0.1) is 0 Å². The second-order valence-electron chi connectivity index (χ2n) is 7.40. The quantitative estimate of drug-likeness (QED) is 0.853. The first-order valence-corrected chi connectivity index (χ1v) is 8.19. The molecule has 1 aromatic rings. The molecular formula is C18H27N3O. The van der Waals surface area contributed by atoms with Crippen molar-refractivity contribution in [3.8, 4) is 0 Å². The number of likely N-dealkylation sites (tertiary alicyclic amines) is 2. The highest BCUT2D eigenvalue weighted by Crippen LogP contribution is 2.39. The summed E-state index contributed by atoms with van der Waals surface area (Å²) in [5, 5.41) is 0. The molecule has 2 saturated heterocycles. The van der Waals surface area contributed by atoms with Crippen molar-refractivity contribution in [1.82, 2.24) is 14.7 Å². The van der Waals surface area contributed by atoms with Crippen LogP contribution in [0.4, 0.5) is 0 Å². The molecule has 2 aliphatic heterocycles. The van der Waals surface area contributed by atoms with Gasteiger partial charge in [0, 0.05) is 37.2 Å². The van der Waals surface area contributed by atoms with Crippen LogP contribution in [-0.4, -0.2) is 67.9 Å². The van der Waals surface area contributed by atoms with Crippen molar-refractivity contribution in [2.24, 2.45) is 5.41 Å². The van der Waals surface area contributed by atoms with E-state index in [1.807, 2.05) is 18.2 Å². The molecule has 1 atom stereocenters. The molecule has 0 bridgehead atoms. The Morgan fingerprint density at radius 2 is 2.00 bits per heavy atom. The average molecular weight is 301 g/mol. The van der Waals surface area contributed by atoms with Crippen LogP contribution >= 0.6 is 0 Å². The summed E-state index contributed by atoms with van der Waals surface area (Å²) in [6.07, 6.45) is 2.38. The van der Waals surface area contributed by atoms with E-state index in [9.17, 15) is 4.79 Å². The lowest BCUT2D eigenvalue weighted by atomic mass is 9.86. The summed E-state index contributed by atoms with van der Waals surface area (Å²) in [6, 6.07) is 8.09. The molecule has 0 radical (unpaired) electrons. The van der Waals surface area contributed by atoms with Crippen LogP contribution in [-0.2, 0) is 6.54 Å². The van der Waals surface area contributed by atoms with Gasteiger partial charge in [0.25, 0.3) is 5.91 Å². The number of rotatable bonds is 3. The second kappa shape index (κ2) is 6.01. The summed E-state index contributed by atoms with van der Waals surface area (Å²) in [7, 11) is 6.29. The van der Waals surface area contributed by atoms with Gasteiger partial charge in [-0.3, -0.25) is 4.79 Å². The van der Waals surface area contributed by atoms with Gasteiger partial charge in [-0.2, -0.15) is 0 Å². The molecule has 4 heteroatoms. The van der Waals surface area contributed by atoms with E-state index >= 15 is 0 Å². The summed E-state index contributed by atoms with van der Waals surface area (Å²) in [5.74, 6) is 0.201. The van der Waals surface area contributed by atoms with E-state index in [4.69, 9.17) is 0 Å². The molecule has 1 spiro atoms. The van der Waals surface area contributed by atoms with Crippen LogP contribution in [0.2, 0.25) is 0 Å². The van der Waals surface area contributed by atoms with Gasteiger partial charge in [-0.05, 0) is 58.2 Å². The van der Waals surface area contributed by atoms with Crippen LogP contribution in [0, 0.1) is 5.41 Å². The number of carbonyl (C=O) groups excluding carboxylic acids is 1. The van der Waals surface area contributed by atoms with Crippen LogP contribution in [0.25, 0.3) is 0 Å². The standard InChI is InChI=1S/C18H27N3O/c1-19(2)12-15-5-4-6-16(11-15)17(22)21-10-8-18(14-21)7-9-20(3)13-18/h4-6,11H,7-10,12-14H2,1-3H3. The van der Waals surface area contributed by atoms with Crippen molar-refractivity contribution in [2.45, 2.75) is 19.4 Å². The summed E-state index contributed by atoms with van der Waals surface area (Å²) < 4.78 is 0. The maximum atomic E-state index is 12.8. The van der Waals surface area contributed by atoms with Gasteiger partial charge in [-0.25, -0.2) is 0 Å². The molecule has 0 N–H and O–H groups in total. The van der Waals surface area contributed by atoms with Gasteiger partial charge in [-0.1, -0.05) is 12.1 Å². The molecule has 4 nitrogen and oxygen atoms in total. The van der Waals surface area contributed by atoms with Crippen molar-refractivity contribution < 1.29 is 4.79 Å². The van der Waals surface area contributed by atoms with E-state index in [1.54, 1.807) is 0 Å². The van der Waals surface area contributed by atoms with Crippen LogP contribution in [0.15, 0.2) is 24.3 Å². The lowest BCUT2D eigenvalue weighted by Gasteiger charge is -2.24. The van der Waals surface area contributed by atoms with Gasteiger partial charge >= 0.3 is 0 Å². The van der Waals surface area contributed by atoms with Crippen molar-refractivity contribution >= 4 is 5.91 Å². The van der Waals surface area contributed by atoms with Gasteiger partial charge in [0.2, 0.25) is 0 Å². The summed E-state index contributed by atoms with van der Waals surface area (Å²) in [4.78, 5) is 19.4. The number of benzene rings is 1. The maximum Gasteiger partial charge on any atom is 0.253 e. The Hall–Kier alpha value is -1.39. The van der Waals surface area contributed by atoms with E-state index in [1.165, 1.54) is 18.5 Å². The molecule has 0 aliphatic carbocycles. The largest absolute Gasteiger partial charge is 0.338 e. The first-order valence-electron chi connectivity index (χ1n) is 8.19. The van der Waals surface area contributed by atoms with Crippen LogP contribution in [0.5, 0.6) is 0 Å². The molecule has 3 rings (SSSR count). The monoisotopic (exact) mass is 301 g/mol. The minimum atomic E-state index is 0.201. The molecule has 22 heavy (non-hydrogen) atoms. The highest BCUT2D eigenvalue weighted by atomic mass is 16.2. The lowest BCUT2D eigenvalue weighted by Crippen LogP contribution is -2.33. The molecule has 0 saturated carbocycles. The van der Waals surface area contributed by atoms with Crippen molar-refractivity contribution in [1.29, 1.82) is 0 Å². The molecule has 2 fully saturated rings. The minimum absolute atomic E-state index is 0.201. The number of carbonyl (C=O) groups is 1. The second-order valence-corrected chi connectivity index (χ2v) is 7.40. The van der Waals surface area contributed by atoms with E-state index in [0.29, 0.717) is 5.41 Å². The first kappa shape index (κ1) is 15.5. The molecule has 2 aliphatic rings. The number of hydrogen-bond donors (Lipinski definition) is 0. The molecular weight excluding hydrogens is 274 g/mol. The zero-order valence-corrected chi connectivity index (χ0v) is 14.0. The van der Waals surface area contributed by atoms with Crippen molar-refractivity contribution in [2.75, 3.05) is 47.3 Å². The first-order chi connectivity index (χ1) is 10.5. The van der Waals surface area contributed by atoms with Crippen molar-refractivity contribution in [3.63, 3.8) is 0 Å². The Morgan fingerprint density at radius 1 is 1.23 bits per heavy atom. The van der Waals surface area contributed by atoms with E-state index in [0.717, 1.165) is 38.2 Å². The van der Waals surface area contributed by atoms with E-state index in [2.05, 4.69) is 41.9 Å².